The normalized spacial score (nSPS) is 11.3. The highest BCUT2D eigenvalue weighted by molar-refractivity contribution is 7.71. The number of nitrogens with zero attached hydrogens (tertiary/aromatic N) is 3. The number of benzene rings is 1. The van der Waals surface area contributed by atoms with Gasteiger partial charge in [0.2, 0.25) is 4.77 Å². The fourth-order valence-corrected chi connectivity index (χ4v) is 1.94. The molecule has 0 bridgehead atoms. The smallest absolute Gasteiger partial charge is 0.296 e. The highest BCUT2D eigenvalue weighted by atomic mass is 32.1. The molecule has 2 aromatic rings. The summed E-state index contributed by atoms with van der Waals surface area (Å²) in [6.45, 7) is 6.63. The first-order chi connectivity index (χ1) is 11.0. The van der Waals surface area contributed by atoms with E-state index in [-0.39, 0.29) is 10.3 Å². The van der Waals surface area contributed by atoms with Crippen molar-refractivity contribution in [2.75, 3.05) is 6.61 Å². The maximum Gasteiger partial charge on any atom is 0.296 e. The molecule has 0 saturated heterocycles. The van der Waals surface area contributed by atoms with Crippen LogP contribution in [0.5, 0.6) is 5.75 Å². The van der Waals surface area contributed by atoms with Gasteiger partial charge in [0, 0.05) is 0 Å². The van der Waals surface area contributed by atoms with Crippen LogP contribution >= 0.6 is 12.2 Å². The van der Waals surface area contributed by atoms with Gasteiger partial charge in [0.25, 0.3) is 5.56 Å². The zero-order chi connectivity index (χ0) is 16.8. The van der Waals surface area contributed by atoms with Gasteiger partial charge in [-0.25, -0.2) is 0 Å². The second-order valence-corrected chi connectivity index (χ2v) is 5.96. The zero-order valence-corrected chi connectivity index (χ0v) is 14.3. The summed E-state index contributed by atoms with van der Waals surface area (Å²) in [6.07, 6.45) is 2.59. The first-order valence-electron chi connectivity index (χ1n) is 7.43. The summed E-state index contributed by atoms with van der Waals surface area (Å²) in [5.74, 6) is 1.44. The van der Waals surface area contributed by atoms with Crippen LogP contribution in [0.2, 0.25) is 0 Å². The number of nitrogens with one attached hydrogen (secondary N) is 1. The zero-order valence-electron chi connectivity index (χ0n) is 13.4. The average molecular weight is 332 g/mol. The largest absolute Gasteiger partial charge is 0.494 e. The molecule has 0 aliphatic rings. The van der Waals surface area contributed by atoms with Crippen LogP contribution < -0.4 is 10.3 Å². The third kappa shape index (κ3) is 4.85. The molecule has 0 aliphatic carbocycles. The topological polar surface area (TPSA) is 72.3 Å². The van der Waals surface area contributed by atoms with E-state index < -0.39 is 0 Å². The van der Waals surface area contributed by atoms with Crippen molar-refractivity contribution >= 4 is 18.4 Å². The van der Waals surface area contributed by atoms with Gasteiger partial charge in [-0.15, -0.1) is 0 Å². The summed E-state index contributed by atoms with van der Waals surface area (Å²) in [5, 5.41) is 10.5. The Morgan fingerprint density at radius 2 is 2.09 bits per heavy atom. The van der Waals surface area contributed by atoms with Gasteiger partial charge in [-0.2, -0.15) is 14.9 Å². The number of rotatable bonds is 6. The molecule has 1 N–H and O–H groups in total. The number of ether oxygens (including phenoxy) is 1. The summed E-state index contributed by atoms with van der Waals surface area (Å²) in [6, 6.07) is 7.51. The van der Waals surface area contributed by atoms with Crippen LogP contribution in [0.25, 0.3) is 0 Å². The number of hydrogen-bond acceptors (Lipinski definition) is 5. The highest BCUT2D eigenvalue weighted by Gasteiger charge is 2.01. The second kappa shape index (κ2) is 7.82. The SMILES string of the molecule is Cc1n[nH]c(=S)n(/N=C/c2ccc(OCCC(C)C)cc2)c1=O. The molecule has 0 aliphatic heterocycles. The third-order valence-corrected chi connectivity index (χ3v) is 3.44. The number of aryl methyl sites for hydroxylation is 1. The summed E-state index contributed by atoms with van der Waals surface area (Å²) < 4.78 is 6.93. The maximum absolute atomic E-state index is 11.9. The first-order valence-corrected chi connectivity index (χ1v) is 7.83. The Kier molecular flexibility index (Phi) is 5.81. The number of aromatic nitrogens is 3. The minimum Gasteiger partial charge on any atom is -0.494 e. The van der Waals surface area contributed by atoms with Crippen molar-refractivity contribution < 1.29 is 4.74 Å². The van der Waals surface area contributed by atoms with Gasteiger partial charge in [0.1, 0.15) is 11.4 Å². The van der Waals surface area contributed by atoms with Gasteiger partial charge in [0.05, 0.1) is 12.8 Å². The molecule has 0 radical (unpaired) electrons. The van der Waals surface area contributed by atoms with Crippen molar-refractivity contribution in [2.24, 2.45) is 11.0 Å². The molecule has 0 unspecified atom stereocenters. The predicted octanol–water partition coefficient (Wildman–Crippen LogP) is 2.92. The average Bonchev–Trinajstić information content (AvgIpc) is 2.52. The Bertz CT molecular complexity index is 791. The van der Waals surface area contributed by atoms with E-state index in [9.17, 15) is 4.79 Å². The van der Waals surface area contributed by atoms with Gasteiger partial charge in [0.15, 0.2) is 0 Å². The monoisotopic (exact) mass is 332 g/mol. The van der Waals surface area contributed by atoms with Crippen molar-refractivity contribution in [3.63, 3.8) is 0 Å². The van der Waals surface area contributed by atoms with E-state index in [0.29, 0.717) is 18.2 Å². The molecule has 0 amide bonds. The highest BCUT2D eigenvalue weighted by Crippen LogP contribution is 2.12. The van der Waals surface area contributed by atoms with Gasteiger partial charge in [-0.05, 0) is 61.3 Å². The predicted molar refractivity (Wildman–Crippen MR) is 92.8 cm³/mol. The van der Waals surface area contributed by atoms with E-state index in [2.05, 4.69) is 29.1 Å². The second-order valence-electron chi connectivity index (χ2n) is 5.58. The van der Waals surface area contributed by atoms with Crippen LogP contribution in [0.4, 0.5) is 0 Å². The molecule has 0 atom stereocenters. The Hall–Kier alpha value is -2.28. The van der Waals surface area contributed by atoms with Crippen LogP contribution in [0.3, 0.4) is 0 Å². The van der Waals surface area contributed by atoms with Crippen molar-refractivity contribution in [1.82, 2.24) is 14.9 Å². The molecule has 0 spiro atoms. The summed E-state index contributed by atoms with van der Waals surface area (Å²) in [5.41, 5.74) is 0.820. The van der Waals surface area contributed by atoms with Gasteiger partial charge in [-0.3, -0.25) is 9.89 Å². The van der Waals surface area contributed by atoms with Gasteiger partial charge >= 0.3 is 0 Å². The minimum atomic E-state index is -0.335. The van der Waals surface area contributed by atoms with Gasteiger partial charge in [-0.1, -0.05) is 13.8 Å². The lowest BCUT2D eigenvalue weighted by molar-refractivity contribution is 0.289. The molecule has 1 aromatic heterocycles. The van der Waals surface area contributed by atoms with E-state index in [1.165, 1.54) is 0 Å². The molecule has 2 rings (SSSR count). The molecule has 0 fully saturated rings. The van der Waals surface area contributed by atoms with E-state index in [4.69, 9.17) is 17.0 Å². The van der Waals surface area contributed by atoms with Crippen LogP contribution in [-0.4, -0.2) is 27.7 Å². The number of H-pyrrole nitrogens is 1. The quantitative estimate of drug-likeness (QED) is 0.652. The number of hydrogen-bond donors (Lipinski definition) is 1. The van der Waals surface area contributed by atoms with Gasteiger partial charge < -0.3 is 4.74 Å². The molecule has 7 heteroatoms. The third-order valence-electron chi connectivity index (χ3n) is 3.18. The number of aromatic amines is 1. The van der Waals surface area contributed by atoms with E-state index >= 15 is 0 Å². The summed E-state index contributed by atoms with van der Waals surface area (Å²) in [4.78, 5) is 11.9. The molecule has 1 aromatic carbocycles. The van der Waals surface area contributed by atoms with Crippen molar-refractivity contribution in [3.05, 3.63) is 50.6 Å². The van der Waals surface area contributed by atoms with Crippen LogP contribution in [-0.2, 0) is 0 Å². The van der Waals surface area contributed by atoms with E-state index in [1.54, 1.807) is 13.1 Å². The minimum absolute atomic E-state index is 0.158. The Morgan fingerprint density at radius 1 is 1.39 bits per heavy atom. The lowest BCUT2D eigenvalue weighted by Crippen LogP contribution is -2.22. The first kappa shape index (κ1) is 17.1. The van der Waals surface area contributed by atoms with Crippen molar-refractivity contribution in [3.8, 4) is 5.75 Å². The molecule has 23 heavy (non-hydrogen) atoms. The fraction of sp³-hybridized carbons (Fsp3) is 0.375. The van der Waals surface area contributed by atoms with Crippen molar-refractivity contribution in [2.45, 2.75) is 27.2 Å². The molecule has 6 nitrogen and oxygen atoms in total. The maximum atomic E-state index is 11.9. The lowest BCUT2D eigenvalue weighted by Gasteiger charge is -2.07. The van der Waals surface area contributed by atoms with Crippen LogP contribution in [0.15, 0.2) is 34.2 Å². The standard InChI is InChI=1S/C16H20N4O2S/c1-11(2)8-9-22-14-6-4-13(5-7-14)10-17-20-15(21)12(3)18-19-16(20)23/h4-7,10-11H,8-9H2,1-3H3,(H,19,23)/b17-10+. The lowest BCUT2D eigenvalue weighted by atomic mass is 10.1. The summed E-state index contributed by atoms with van der Waals surface area (Å²) in [7, 11) is 0. The molecule has 1 heterocycles. The Balaban J connectivity index is 2.08. The summed E-state index contributed by atoms with van der Waals surface area (Å²) >= 11 is 5.02. The van der Waals surface area contributed by atoms with Crippen LogP contribution in [0, 0.1) is 17.6 Å². The van der Waals surface area contributed by atoms with Crippen LogP contribution in [0.1, 0.15) is 31.5 Å². The Labute approximate surface area is 139 Å². The van der Waals surface area contributed by atoms with E-state index in [0.717, 1.165) is 22.4 Å². The molecule has 122 valence electrons. The van der Waals surface area contributed by atoms with Crippen molar-refractivity contribution in [1.29, 1.82) is 0 Å². The molecular weight excluding hydrogens is 312 g/mol. The molecular formula is C16H20N4O2S. The van der Waals surface area contributed by atoms with E-state index in [1.807, 2.05) is 24.3 Å². The Morgan fingerprint density at radius 3 is 2.74 bits per heavy atom. The molecule has 0 saturated carbocycles. The fourth-order valence-electron chi connectivity index (χ4n) is 1.76.